The van der Waals surface area contributed by atoms with Crippen molar-refractivity contribution < 1.29 is 0 Å². The summed E-state index contributed by atoms with van der Waals surface area (Å²) in [7, 11) is 0. The first kappa shape index (κ1) is 15.6. The Balaban J connectivity index is 1.74. The number of rotatable bonds is 8. The van der Waals surface area contributed by atoms with Gasteiger partial charge in [-0.05, 0) is 61.1 Å². The van der Waals surface area contributed by atoms with Crippen molar-refractivity contribution in [2.24, 2.45) is 5.41 Å². The largest absolute Gasteiger partial charge is 0.314 e. The van der Waals surface area contributed by atoms with Crippen molar-refractivity contribution in [3.8, 4) is 0 Å². The van der Waals surface area contributed by atoms with Crippen molar-refractivity contribution in [2.45, 2.75) is 71.8 Å². The maximum absolute atomic E-state index is 3.63. The maximum atomic E-state index is 3.63. The molecule has 1 fully saturated rings. The molecule has 1 aromatic rings. The lowest BCUT2D eigenvalue weighted by molar-refractivity contribution is 0.302. The fraction of sp³-hybridized carbons (Fsp3) is 0.684. The average molecular weight is 273 g/mol. The van der Waals surface area contributed by atoms with Crippen LogP contribution in [0.5, 0.6) is 0 Å². The Morgan fingerprint density at radius 1 is 1.10 bits per heavy atom. The van der Waals surface area contributed by atoms with Crippen LogP contribution in [0.15, 0.2) is 24.3 Å². The van der Waals surface area contributed by atoms with E-state index in [1.807, 2.05) is 0 Å². The lowest BCUT2D eigenvalue weighted by Crippen LogP contribution is -2.24. The van der Waals surface area contributed by atoms with Crippen LogP contribution in [0, 0.1) is 5.41 Å². The van der Waals surface area contributed by atoms with Crippen LogP contribution < -0.4 is 5.32 Å². The highest BCUT2D eigenvalue weighted by Gasteiger charge is 2.22. The second kappa shape index (κ2) is 6.76. The minimum atomic E-state index is 0.443. The number of aryl methyl sites for hydroxylation is 1. The molecule has 0 bridgehead atoms. The zero-order valence-electron chi connectivity index (χ0n) is 13.7. The molecule has 20 heavy (non-hydrogen) atoms. The van der Waals surface area contributed by atoms with Gasteiger partial charge in [-0.1, -0.05) is 52.0 Å². The molecule has 0 unspecified atom stereocenters. The molecule has 2 rings (SSSR count). The van der Waals surface area contributed by atoms with Crippen LogP contribution in [0.4, 0.5) is 0 Å². The second-order valence-corrected chi connectivity index (χ2v) is 7.54. The zero-order valence-corrected chi connectivity index (χ0v) is 13.7. The van der Waals surface area contributed by atoms with Crippen molar-refractivity contribution in [3.63, 3.8) is 0 Å². The van der Waals surface area contributed by atoms with Crippen molar-refractivity contribution >= 4 is 0 Å². The van der Waals surface area contributed by atoms with Gasteiger partial charge in [0.2, 0.25) is 0 Å². The molecule has 0 radical (unpaired) electrons. The van der Waals surface area contributed by atoms with Crippen LogP contribution in [0.25, 0.3) is 0 Å². The maximum Gasteiger partial charge on any atom is 0.00682 e. The third-order valence-corrected chi connectivity index (χ3v) is 4.55. The van der Waals surface area contributed by atoms with E-state index in [0.717, 1.165) is 6.04 Å². The Morgan fingerprint density at radius 3 is 2.30 bits per heavy atom. The Bertz CT molecular complexity index is 398. The predicted molar refractivity (Wildman–Crippen MR) is 88.3 cm³/mol. The van der Waals surface area contributed by atoms with Crippen molar-refractivity contribution in [2.75, 3.05) is 6.54 Å². The first-order valence-corrected chi connectivity index (χ1v) is 8.28. The fourth-order valence-electron chi connectivity index (χ4n) is 2.58. The summed E-state index contributed by atoms with van der Waals surface area (Å²) in [6, 6.07) is 10.1. The minimum absolute atomic E-state index is 0.443. The molecular weight excluding hydrogens is 242 g/mol. The number of hydrogen-bond acceptors (Lipinski definition) is 1. The Labute approximate surface area is 125 Å². The lowest BCUT2D eigenvalue weighted by Gasteiger charge is -2.25. The summed E-state index contributed by atoms with van der Waals surface area (Å²) in [5.41, 5.74) is 3.37. The molecule has 0 heterocycles. The Kier molecular flexibility index (Phi) is 5.26. The molecule has 1 N–H and O–H groups in total. The van der Waals surface area contributed by atoms with Crippen LogP contribution in [-0.2, 0) is 6.42 Å². The van der Waals surface area contributed by atoms with Gasteiger partial charge < -0.3 is 5.32 Å². The van der Waals surface area contributed by atoms with E-state index in [0.29, 0.717) is 11.3 Å². The minimum Gasteiger partial charge on any atom is -0.314 e. The van der Waals surface area contributed by atoms with E-state index in [1.54, 1.807) is 0 Å². The number of nitrogens with one attached hydrogen (secondary N) is 1. The van der Waals surface area contributed by atoms with Gasteiger partial charge in [-0.15, -0.1) is 0 Å². The molecular formula is C19H31N. The highest BCUT2D eigenvalue weighted by Crippen LogP contribution is 2.28. The SMILES string of the molecule is CC(C)c1ccc(CCC(C)(C)CCNC2CC2)cc1. The standard InChI is InChI=1S/C19H31N/c1-15(2)17-7-5-16(6-8-17)11-12-19(3,4)13-14-20-18-9-10-18/h5-8,15,18,20H,9-14H2,1-4H3. The number of hydrogen-bond donors (Lipinski definition) is 1. The first-order valence-electron chi connectivity index (χ1n) is 8.28. The molecule has 1 aromatic carbocycles. The van der Waals surface area contributed by atoms with E-state index in [1.165, 1.54) is 49.8 Å². The van der Waals surface area contributed by atoms with Crippen molar-refractivity contribution in [1.29, 1.82) is 0 Å². The summed E-state index contributed by atoms with van der Waals surface area (Å²) in [6.45, 7) is 10.5. The Hall–Kier alpha value is -0.820. The predicted octanol–water partition coefficient (Wildman–Crippen LogP) is 4.91. The fourth-order valence-corrected chi connectivity index (χ4v) is 2.58. The van der Waals surface area contributed by atoms with Gasteiger partial charge in [0, 0.05) is 6.04 Å². The van der Waals surface area contributed by atoms with E-state index in [4.69, 9.17) is 0 Å². The summed E-state index contributed by atoms with van der Waals surface area (Å²) in [6.07, 6.45) is 6.55. The summed E-state index contributed by atoms with van der Waals surface area (Å²) in [5.74, 6) is 0.633. The highest BCUT2D eigenvalue weighted by molar-refractivity contribution is 5.24. The molecule has 1 aliphatic carbocycles. The second-order valence-electron chi connectivity index (χ2n) is 7.54. The van der Waals surface area contributed by atoms with E-state index in [2.05, 4.69) is 57.3 Å². The van der Waals surface area contributed by atoms with Crippen LogP contribution >= 0.6 is 0 Å². The van der Waals surface area contributed by atoms with Crippen LogP contribution in [0.3, 0.4) is 0 Å². The van der Waals surface area contributed by atoms with Gasteiger partial charge in [-0.3, -0.25) is 0 Å². The van der Waals surface area contributed by atoms with Crippen LogP contribution in [0.1, 0.15) is 70.4 Å². The zero-order chi connectivity index (χ0) is 14.6. The van der Waals surface area contributed by atoms with Crippen molar-refractivity contribution in [1.82, 2.24) is 5.32 Å². The molecule has 0 spiro atoms. The monoisotopic (exact) mass is 273 g/mol. The third kappa shape index (κ3) is 5.28. The van der Waals surface area contributed by atoms with E-state index < -0.39 is 0 Å². The molecule has 1 saturated carbocycles. The average Bonchev–Trinajstić information content (AvgIpc) is 3.21. The smallest absolute Gasteiger partial charge is 0.00682 e. The quantitative estimate of drug-likeness (QED) is 0.709. The molecule has 0 amide bonds. The normalized spacial score (nSPS) is 15.8. The third-order valence-electron chi connectivity index (χ3n) is 4.55. The van der Waals surface area contributed by atoms with Crippen LogP contribution in [0.2, 0.25) is 0 Å². The molecule has 0 aromatic heterocycles. The molecule has 0 saturated heterocycles. The summed E-state index contributed by atoms with van der Waals surface area (Å²) in [4.78, 5) is 0. The van der Waals surface area contributed by atoms with Gasteiger partial charge in [-0.25, -0.2) is 0 Å². The van der Waals surface area contributed by atoms with Gasteiger partial charge in [0.1, 0.15) is 0 Å². The van der Waals surface area contributed by atoms with Gasteiger partial charge >= 0.3 is 0 Å². The summed E-state index contributed by atoms with van der Waals surface area (Å²) < 4.78 is 0. The van der Waals surface area contributed by atoms with E-state index in [9.17, 15) is 0 Å². The van der Waals surface area contributed by atoms with Gasteiger partial charge in [0.05, 0.1) is 0 Å². The Morgan fingerprint density at radius 2 is 1.75 bits per heavy atom. The van der Waals surface area contributed by atoms with Crippen LogP contribution in [-0.4, -0.2) is 12.6 Å². The number of benzene rings is 1. The molecule has 0 atom stereocenters. The summed E-state index contributed by atoms with van der Waals surface area (Å²) >= 11 is 0. The summed E-state index contributed by atoms with van der Waals surface area (Å²) in [5, 5.41) is 3.63. The van der Waals surface area contributed by atoms with Gasteiger partial charge in [0.25, 0.3) is 0 Å². The molecule has 1 heteroatoms. The first-order chi connectivity index (χ1) is 9.46. The lowest BCUT2D eigenvalue weighted by atomic mass is 9.83. The van der Waals surface area contributed by atoms with Gasteiger partial charge in [-0.2, -0.15) is 0 Å². The van der Waals surface area contributed by atoms with Gasteiger partial charge in [0.15, 0.2) is 0 Å². The highest BCUT2D eigenvalue weighted by atomic mass is 14.9. The van der Waals surface area contributed by atoms with Crippen molar-refractivity contribution in [3.05, 3.63) is 35.4 Å². The molecule has 112 valence electrons. The molecule has 1 nitrogen and oxygen atoms in total. The molecule has 0 aliphatic heterocycles. The topological polar surface area (TPSA) is 12.0 Å². The van der Waals surface area contributed by atoms with E-state index >= 15 is 0 Å². The van der Waals surface area contributed by atoms with E-state index in [-0.39, 0.29) is 0 Å². The molecule has 1 aliphatic rings.